The van der Waals surface area contributed by atoms with E-state index in [0.717, 1.165) is 43.2 Å². The molecule has 2 aliphatic rings. The van der Waals surface area contributed by atoms with Gasteiger partial charge in [0.05, 0.1) is 0 Å². The first-order valence-corrected chi connectivity index (χ1v) is 13.3. The molecule has 0 aliphatic carbocycles. The van der Waals surface area contributed by atoms with Crippen molar-refractivity contribution in [2.24, 2.45) is 0 Å². The highest BCUT2D eigenvalue weighted by Gasteiger charge is 2.43. The molecule has 34 heavy (non-hydrogen) atoms. The molecule has 4 heteroatoms. The molecular formula is C30H26Br2O2. The number of hydrogen-bond donors (Lipinski definition) is 0. The molecule has 4 aromatic carbocycles. The SMILES string of the molecule is CC1(C)CC(C2=Cc3cc(Br)c4ccccc4c3OC2(C)C)c2cc(Br)c3ccccc3c2O1. The van der Waals surface area contributed by atoms with Crippen LogP contribution in [-0.4, -0.2) is 11.2 Å². The van der Waals surface area contributed by atoms with Gasteiger partial charge in [0.1, 0.15) is 22.7 Å². The predicted octanol–water partition coefficient (Wildman–Crippen LogP) is 9.42. The first kappa shape index (κ1) is 22.2. The van der Waals surface area contributed by atoms with E-state index in [9.17, 15) is 0 Å². The maximum atomic E-state index is 6.81. The second-order valence-corrected chi connectivity index (χ2v) is 12.2. The minimum Gasteiger partial charge on any atom is -0.487 e. The Kier molecular flexibility index (Phi) is 4.96. The second kappa shape index (κ2) is 7.60. The maximum Gasteiger partial charge on any atom is 0.135 e. The van der Waals surface area contributed by atoms with E-state index in [2.05, 4.69) is 126 Å². The van der Waals surface area contributed by atoms with Crippen LogP contribution in [0.25, 0.3) is 27.6 Å². The summed E-state index contributed by atoms with van der Waals surface area (Å²) in [6.45, 7) is 8.76. The molecule has 0 radical (unpaired) electrons. The average Bonchev–Trinajstić information content (AvgIpc) is 2.79. The van der Waals surface area contributed by atoms with E-state index in [1.807, 2.05) is 0 Å². The first-order chi connectivity index (χ1) is 16.1. The van der Waals surface area contributed by atoms with E-state index >= 15 is 0 Å². The highest BCUT2D eigenvalue weighted by atomic mass is 79.9. The molecule has 0 amide bonds. The second-order valence-electron chi connectivity index (χ2n) is 10.5. The van der Waals surface area contributed by atoms with Crippen molar-refractivity contribution in [3.63, 3.8) is 0 Å². The monoisotopic (exact) mass is 576 g/mol. The molecule has 0 saturated carbocycles. The Bertz CT molecular complexity index is 1510. The first-order valence-electron chi connectivity index (χ1n) is 11.7. The lowest BCUT2D eigenvalue weighted by Crippen LogP contribution is -2.41. The van der Waals surface area contributed by atoms with Crippen molar-refractivity contribution >= 4 is 59.5 Å². The van der Waals surface area contributed by atoms with Gasteiger partial charge in [-0.2, -0.15) is 0 Å². The molecule has 0 saturated heterocycles. The largest absolute Gasteiger partial charge is 0.487 e. The summed E-state index contributed by atoms with van der Waals surface area (Å²) in [5, 5.41) is 4.62. The van der Waals surface area contributed by atoms with Crippen LogP contribution < -0.4 is 9.47 Å². The van der Waals surface area contributed by atoms with Gasteiger partial charge in [0.2, 0.25) is 0 Å². The minimum absolute atomic E-state index is 0.174. The van der Waals surface area contributed by atoms with Crippen LogP contribution in [0.4, 0.5) is 0 Å². The number of benzene rings is 4. The van der Waals surface area contributed by atoms with Crippen molar-refractivity contribution in [3.8, 4) is 11.5 Å². The van der Waals surface area contributed by atoms with Gasteiger partial charge >= 0.3 is 0 Å². The Labute approximate surface area is 217 Å². The smallest absolute Gasteiger partial charge is 0.135 e. The summed E-state index contributed by atoms with van der Waals surface area (Å²) in [6.07, 6.45) is 3.24. The summed E-state index contributed by atoms with van der Waals surface area (Å²) in [7, 11) is 0. The molecular weight excluding hydrogens is 552 g/mol. The molecule has 0 fully saturated rings. The van der Waals surface area contributed by atoms with Gasteiger partial charge in [-0.25, -0.2) is 0 Å². The minimum atomic E-state index is -0.461. The highest BCUT2D eigenvalue weighted by molar-refractivity contribution is 9.11. The fraction of sp³-hybridized carbons (Fsp3) is 0.267. The van der Waals surface area contributed by atoms with E-state index in [4.69, 9.17) is 9.47 Å². The fourth-order valence-electron chi connectivity index (χ4n) is 5.62. The molecule has 1 unspecified atom stereocenters. The zero-order valence-corrected chi connectivity index (χ0v) is 22.9. The summed E-state index contributed by atoms with van der Waals surface area (Å²) in [6, 6.07) is 21.3. The molecule has 6 rings (SSSR count). The van der Waals surface area contributed by atoms with E-state index in [1.54, 1.807) is 0 Å². The normalized spacial score (nSPS) is 20.2. The lowest BCUT2D eigenvalue weighted by Gasteiger charge is -2.44. The molecule has 1 atom stereocenters. The molecule has 172 valence electrons. The van der Waals surface area contributed by atoms with Gasteiger partial charge in [-0.3, -0.25) is 0 Å². The third kappa shape index (κ3) is 3.41. The van der Waals surface area contributed by atoms with Crippen LogP contribution in [0, 0.1) is 0 Å². The number of rotatable bonds is 1. The maximum absolute atomic E-state index is 6.81. The van der Waals surface area contributed by atoms with Crippen molar-refractivity contribution in [2.45, 2.75) is 51.2 Å². The van der Waals surface area contributed by atoms with Crippen LogP contribution in [0.3, 0.4) is 0 Å². The topological polar surface area (TPSA) is 18.5 Å². The lowest BCUT2D eigenvalue weighted by molar-refractivity contribution is 0.0686. The summed E-state index contributed by atoms with van der Waals surface area (Å²) in [5.41, 5.74) is 2.86. The summed E-state index contributed by atoms with van der Waals surface area (Å²) < 4.78 is 15.6. The number of halogens is 2. The van der Waals surface area contributed by atoms with Crippen LogP contribution in [-0.2, 0) is 0 Å². The third-order valence-electron chi connectivity index (χ3n) is 7.14. The van der Waals surface area contributed by atoms with Crippen molar-refractivity contribution in [1.29, 1.82) is 0 Å². The molecule has 2 heterocycles. The van der Waals surface area contributed by atoms with Crippen molar-refractivity contribution in [2.75, 3.05) is 0 Å². The Morgan fingerprint density at radius 2 is 1.29 bits per heavy atom. The van der Waals surface area contributed by atoms with E-state index in [0.29, 0.717) is 0 Å². The van der Waals surface area contributed by atoms with Crippen LogP contribution in [0.15, 0.2) is 75.2 Å². The Morgan fingerprint density at radius 1 is 0.735 bits per heavy atom. The molecule has 2 aliphatic heterocycles. The average molecular weight is 578 g/mol. The Hall–Kier alpha value is -2.30. The van der Waals surface area contributed by atoms with Gasteiger partial charge in [-0.1, -0.05) is 80.4 Å². The number of hydrogen-bond acceptors (Lipinski definition) is 2. The third-order valence-corrected chi connectivity index (χ3v) is 8.45. The van der Waals surface area contributed by atoms with Gasteiger partial charge in [-0.15, -0.1) is 0 Å². The molecule has 0 N–H and O–H groups in total. The molecule has 0 spiro atoms. The summed E-state index contributed by atoms with van der Waals surface area (Å²) in [5.74, 6) is 2.12. The van der Waals surface area contributed by atoms with Gasteiger partial charge in [-0.05, 0) is 68.7 Å². The van der Waals surface area contributed by atoms with Crippen LogP contribution in [0.1, 0.15) is 51.2 Å². The number of ether oxygens (including phenoxy) is 2. The molecule has 0 bridgehead atoms. The quantitative estimate of drug-likeness (QED) is 0.224. The highest BCUT2D eigenvalue weighted by Crippen LogP contribution is 2.54. The summed E-state index contributed by atoms with van der Waals surface area (Å²) in [4.78, 5) is 0. The Balaban J connectivity index is 1.61. The van der Waals surface area contributed by atoms with Crippen molar-refractivity contribution < 1.29 is 9.47 Å². The van der Waals surface area contributed by atoms with Crippen LogP contribution >= 0.6 is 31.9 Å². The van der Waals surface area contributed by atoms with E-state index < -0.39 is 5.60 Å². The summed E-state index contributed by atoms with van der Waals surface area (Å²) >= 11 is 7.62. The zero-order chi connectivity index (χ0) is 23.8. The van der Waals surface area contributed by atoms with Crippen LogP contribution in [0.2, 0.25) is 0 Å². The van der Waals surface area contributed by atoms with Crippen molar-refractivity contribution in [1.82, 2.24) is 0 Å². The van der Waals surface area contributed by atoms with E-state index in [-0.39, 0.29) is 11.5 Å². The van der Waals surface area contributed by atoms with E-state index in [1.165, 1.54) is 21.9 Å². The lowest BCUT2D eigenvalue weighted by atomic mass is 9.73. The van der Waals surface area contributed by atoms with Gasteiger partial charge < -0.3 is 9.47 Å². The van der Waals surface area contributed by atoms with Gasteiger partial charge in [0, 0.05) is 36.8 Å². The number of fused-ring (bicyclic) bond motifs is 6. The van der Waals surface area contributed by atoms with Gasteiger partial charge in [0.15, 0.2) is 0 Å². The predicted molar refractivity (Wildman–Crippen MR) is 148 cm³/mol. The molecule has 4 aromatic rings. The Morgan fingerprint density at radius 3 is 1.94 bits per heavy atom. The zero-order valence-electron chi connectivity index (χ0n) is 19.7. The molecule has 2 nitrogen and oxygen atoms in total. The molecule has 0 aromatic heterocycles. The van der Waals surface area contributed by atoms with Crippen LogP contribution in [0.5, 0.6) is 11.5 Å². The van der Waals surface area contributed by atoms with Gasteiger partial charge in [0.25, 0.3) is 0 Å². The standard InChI is InChI=1S/C30H26Br2O2/c1-29(2)16-23(22-15-26(32)19-10-6-8-12-21(19)28(22)33-29)24-13-17-14-25(31)18-9-5-7-11-20(18)27(17)34-30(24,3)4/h5-15,23H,16H2,1-4H3. The fourth-order valence-corrected chi connectivity index (χ4v) is 6.80. The van der Waals surface area contributed by atoms with Crippen molar-refractivity contribution in [3.05, 3.63) is 86.3 Å².